The van der Waals surface area contributed by atoms with Crippen molar-refractivity contribution in [2.75, 3.05) is 6.54 Å². The Bertz CT molecular complexity index is 872. The van der Waals surface area contributed by atoms with E-state index in [4.69, 9.17) is 4.42 Å². The first-order chi connectivity index (χ1) is 13.4. The molecule has 28 heavy (non-hydrogen) atoms. The van der Waals surface area contributed by atoms with Gasteiger partial charge in [0.05, 0.1) is 11.8 Å². The Hall–Kier alpha value is -2.63. The van der Waals surface area contributed by atoms with Crippen LogP contribution < -0.4 is 5.32 Å². The zero-order valence-electron chi connectivity index (χ0n) is 17.2. The molecule has 0 fully saturated rings. The molecule has 6 heteroatoms. The van der Waals surface area contributed by atoms with Gasteiger partial charge in [-0.3, -0.25) is 14.6 Å². The molecule has 150 valence electrons. The number of furan rings is 1. The number of carbonyl (C=O) groups is 2. The van der Waals surface area contributed by atoms with Crippen molar-refractivity contribution in [1.29, 1.82) is 0 Å². The van der Waals surface area contributed by atoms with Gasteiger partial charge < -0.3 is 14.6 Å². The fraction of sp³-hybridized carbons (Fsp3) is 0.500. The lowest BCUT2D eigenvalue weighted by Crippen LogP contribution is -2.37. The van der Waals surface area contributed by atoms with Crippen molar-refractivity contribution in [1.82, 2.24) is 15.2 Å². The smallest absolute Gasteiger partial charge is 0.255 e. The van der Waals surface area contributed by atoms with Gasteiger partial charge in [0.15, 0.2) is 0 Å². The summed E-state index contributed by atoms with van der Waals surface area (Å²) in [6.07, 6.45) is 5.79. The molecule has 0 spiro atoms. The van der Waals surface area contributed by atoms with Crippen molar-refractivity contribution in [3.8, 4) is 0 Å². The highest BCUT2D eigenvalue weighted by Crippen LogP contribution is 2.25. The third kappa shape index (κ3) is 4.26. The Balaban J connectivity index is 1.72. The number of rotatable bonds is 6. The molecule has 3 heterocycles. The minimum atomic E-state index is -0.149. The molecule has 2 aromatic heterocycles. The fourth-order valence-corrected chi connectivity index (χ4v) is 3.63. The molecule has 1 atom stereocenters. The second-order valence-electron chi connectivity index (χ2n) is 7.68. The fourth-order valence-electron chi connectivity index (χ4n) is 3.63. The molecule has 1 N–H and O–H groups in total. The number of nitrogens with zero attached hydrogens (tertiary/aromatic N) is 2. The first-order valence-corrected chi connectivity index (χ1v) is 9.97. The third-order valence-corrected chi connectivity index (χ3v) is 5.70. The van der Waals surface area contributed by atoms with E-state index in [1.54, 1.807) is 13.0 Å². The molecular weight excluding hydrogens is 354 g/mol. The number of amides is 2. The predicted molar refractivity (Wildman–Crippen MR) is 107 cm³/mol. The van der Waals surface area contributed by atoms with Gasteiger partial charge in [0.2, 0.25) is 5.91 Å². The second-order valence-corrected chi connectivity index (χ2v) is 7.68. The van der Waals surface area contributed by atoms with Crippen molar-refractivity contribution in [3.05, 3.63) is 52.2 Å². The zero-order chi connectivity index (χ0) is 20.3. The first kappa shape index (κ1) is 20.1. The number of aryl methyl sites for hydroxylation is 2. The summed E-state index contributed by atoms with van der Waals surface area (Å²) in [7, 11) is 0. The maximum atomic E-state index is 12.5. The molecule has 0 aliphatic carbocycles. The van der Waals surface area contributed by atoms with Gasteiger partial charge in [-0.2, -0.15) is 0 Å². The molecule has 1 aliphatic heterocycles. The standard InChI is InChI=1S/C22H29N3O3/c1-5-14(2)10-21(26)25-8-6-19-17(13-25)11-23-15(3)20(19)12-24-22(27)18-7-9-28-16(18)4/h7,9,11,14H,5-6,8,10,12-13H2,1-4H3,(H,24,27). The maximum Gasteiger partial charge on any atom is 0.255 e. The van der Waals surface area contributed by atoms with Crippen LogP contribution in [0.4, 0.5) is 0 Å². The third-order valence-electron chi connectivity index (χ3n) is 5.70. The monoisotopic (exact) mass is 383 g/mol. The van der Waals surface area contributed by atoms with Gasteiger partial charge in [-0.1, -0.05) is 20.3 Å². The van der Waals surface area contributed by atoms with E-state index in [2.05, 4.69) is 24.1 Å². The SMILES string of the molecule is CCC(C)CC(=O)N1CCc2c(cnc(C)c2CNC(=O)c2ccoc2C)C1. The molecule has 6 nitrogen and oxygen atoms in total. The van der Waals surface area contributed by atoms with E-state index in [0.29, 0.717) is 43.3 Å². The van der Waals surface area contributed by atoms with Crippen LogP contribution >= 0.6 is 0 Å². The van der Waals surface area contributed by atoms with Crippen LogP contribution in [0.3, 0.4) is 0 Å². The highest BCUT2D eigenvalue weighted by atomic mass is 16.3. The summed E-state index contributed by atoms with van der Waals surface area (Å²) in [5.74, 6) is 1.08. The average molecular weight is 383 g/mol. The lowest BCUT2D eigenvalue weighted by atomic mass is 9.94. The number of pyridine rings is 1. The summed E-state index contributed by atoms with van der Waals surface area (Å²) in [5, 5.41) is 2.98. The molecule has 2 aromatic rings. The second kappa shape index (κ2) is 8.59. The van der Waals surface area contributed by atoms with Gasteiger partial charge in [-0.05, 0) is 48.9 Å². The Morgan fingerprint density at radius 1 is 1.36 bits per heavy atom. The Morgan fingerprint density at radius 2 is 2.14 bits per heavy atom. The van der Waals surface area contributed by atoms with E-state index < -0.39 is 0 Å². The molecule has 3 rings (SSSR count). The van der Waals surface area contributed by atoms with E-state index in [1.807, 2.05) is 18.0 Å². The zero-order valence-corrected chi connectivity index (χ0v) is 17.2. The van der Waals surface area contributed by atoms with Crippen LogP contribution in [0.1, 0.15) is 65.2 Å². The Morgan fingerprint density at radius 3 is 2.82 bits per heavy atom. The summed E-state index contributed by atoms with van der Waals surface area (Å²) in [5.41, 5.74) is 4.82. The normalized spacial score (nSPS) is 14.5. The predicted octanol–water partition coefficient (Wildman–Crippen LogP) is 3.54. The van der Waals surface area contributed by atoms with Gasteiger partial charge in [-0.15, -0.1) is 0 Å². The molecular formula is C22H29N3O3. The largest absolute Gasteiger partial charge is 0.469 e. The average Bonchev–Trinajstić information content (AvgIpc) is 3.12. The van der Waals surface area contributed by atoms with Gasteiger partial charge in [0.1, 0.15) is 5.76 Å². The number of nitrogens with one attached hydrogen (secondary N) is 1. The van der Waals surface area contributed by atoms with E-state index in [-0.39, 0.29) is 11.8 Å². The van der Waals surface area contributed by atoms with Crippen LogP contribution in [0.2, 0.25) is 0 Å². The van der Waals surface area contributed by atoms with Crippen LogP contribution in [0, 0.1) is 19.8 Å². The van der Waals surface area contributed by atoms with E-state index in [0.717, 1.165) is 29.7 Å². The molecule has 1 unspecified atom stereocenters. The first-order valence-electron chi connectivity index (χ1n) is 9.97. The van der Waals surface area contributed by atoms with Crippen molar-refractivity contribution in [2.24, 2.45) is 5.92 Å². The van der Waals surface area contributed by atoms with Crippen LogP contribution in [-0.4, -0.2) is 28.2 Å². The Labute approximate surface area is 166 Å². The van der Waals surface area contributed by atoms with Crippen molar-refractivity contribution < 1.29 is 14.0 Å². The van der Waals surface area contributed by atoms with Gasteiger partial charge in [-0.25, -0.2) is 0 Å². The van der Waals surface area contributed by atoms with E-state index in [1.165, 1.54) is 11.8 Å². The minimum absolute atomic E-state index is 0.149. The molecule has 2 amide bonds. The number of hydrogen-bond acceptors (Lipinski definition) is 4. The molecule has 1 aliphatic rings. The summed E-state index contributed by atoms with van der Waals surface area (Å²) >= 11 is 0. The van der Waals surface area contributed by atoms with E-state index >= 15 is 0 Å². The molecule has 0 aromatic carbocycles. The highest BCUT2D eigenvalue weighted by molar-refractivity contribution is 5.95. The molecule has 0 radical (unpaired) electrons. The van der Waals surface area contributed by atoms with E-state index in [9.17, 15) is 9.59 Å². The summed E-state index contributed by atoms with van der Waals surface area (Å²) in [4.78, 5) is 31.4. The maximum absolute atomic E-state index is 12.5. The number of carbonyl (C=O) groups excluding carboxylic acids is 2. The summed E-state index contributed by atoms with van der Waals surface area (Å²) in [6, 6.07) is 1.68. The molecule has 0 saturated carbocycles. The van der Waals surface area contributed by atoms with Crippen LogP contribution in [-0.2, 0) is 24.3 Å². The lowest BCUT2D eigenvalue weighted by Gasteiger charge is -2.31. The lowest BCUT2D eigenvalue weighted by molar-refractivity contribution is -0.133. The number of aromatic nitrogens is 1. The van der Waals surface area contributed by atoms with Crippen molar-refractivity contribution >= 4 is 11.8 Å². The van der Waals surface area contributed by atoms with Crippen molar-refractivity contribution in [3.63, 3.8) is 0 Å². The topological polar surface area (TPSA) is 75.4 Å². The summed E-state index contributed by atoms with van der Waals surface area (Å²) < 4.78 is 5.21. The summed E-state index contributed by atoms with van der Waals surface area (Å²) in [6.45, 7) is 9.70. The quantitative estimate of drug-likeness (QED) is 0.828. The highest BCUT2D eigenvalue weighted by Gasteiger charge is 2.25. The van der Waals surface area contributed by atoms with Gasteiger partial charge in [0, 0.05) is 37.9 Å². The van der Waals surface area contributed by atoms with Gasteiger partial charge in [0.25, 0.3) is 5.91 Å². The number of hydrogen-bond donors (Lipinski definition) is 1. The number of fused-ring (bicyclic) bond motifs is 1. The van der Waals surface area contributed by atoms with Crippen LogP contribution in [0.25, 0.3) is 0 Å². The van der Waals surface area contributed by atoms with Crippen LogP contribution in [0.15, 0.2) is 22.9 Å². The van der Waals surface area contributed by atoms with Crippen LogP contribution in [0.5, 0.6) is 0 Å². The molecule has 0 bridgehead atoms. The van der Waals surface area contributed by atoms with Crippen molar-refractivity contribution in [2.45, 2.75) is 60.0 Å². The van der Waals surface area contributed by atoms with Gasteiger partial charge >= 0.3 is 0 Å². The minimum Gasteiger partial charge on any atom is -0.469 e. The Kier molecular flexibility index (Phi) is 6.17. The molecule has 0 saturated heterocycles.